The van der Waals surface area contributed by atoms with E-state index in [-0.39, 0.29) is 11.5 Å². The minimum Gasteiger partial charge on any atom is -0.444 e. The van der Waals surface area contributed by atoms with Crippen LogP contribution in [0.2, 0.25) is 0 Å². The van der Waals surface area contributed by atoms with E-state index in [9.17, 15) is 13.2 Å². The van der Waals surface area contributed by atoms with Crippen molar-refractivity contribution in [1.82, 2.24) is 10.3 Å². The van der Waals surface area contributed by atoms with Crippen LogP contribution in [-0.4, -0.2) is 31.7 Å². The van der Waals surface area contributed by atoms with Gasteiger partial charge in [0.1, 0.15) is 5.60 Å². The van der Waals surface area contributed by atoms with Crippen LogP contribution in [0.1, 0.15) is 38.1 Å². The third-order valence-electron chi connectivity index (χ3n) is 3.44. The Morgan fingerprint density at radius 2 is 1.81 bits per heavy atom. The number of carbonyl (C=O) groups excluding carboxylic acids is 1. The summed E-state index contributed by atoms with van der Waals surface area (Å²) in [6, 6.07) is 10.7. The lowest BCUT2D eigenvalue weighted by Gasteiger charge is -2.23. The number of hydrogen-bond donors (Lipinski definition) is 1. The van der Waals surface area contributed by atoms with E-state index in [0.29, 0.717) is 5.69 Å². The summed E-state index contributed by atoms with van der Waals surface area (Å²) in [7, 11) is -3.97. The number of ether oxygens (including phenoxy) is 1. The zero-order chi connectivity index (χ0) is 20.1. The molecule has 27 heavy (non-hydrogen) atoms. The van der Waals surface area contributed by atoms with Crippen LogP contribution in [0, 0.1) is 6.92 Å². The molecule has 146 valence electrons. The van der Waals surface area contributed by atoms with E-state index in [1.807, 2.05) is 6.92 Å². The molecule has 1 amide bonds. The molecule has 0 fully saturated rings. The highest BCUT2D eigenvalue weighted by molar-refractivity contribution is 7.86. The second kappa shape index (κ2) is 8.49. The Morgan fingerprint density at radius 1 is 1.15 bits per heavy atom. The molecule has 2 aromatic rings. The first kappa shape index (κ1) is 20.9. The van der Waals surface area contributed by atoms with Gasteiger partial charge in [-0.25, -0.2) is 4.79 Å². The fraction of sp³-hybridized carbons (Fsp3) is 0.368. The van der Waals surface area contributed by atoms with Gasteiger partial charge in [0.2, 0.25) is 0 Å². The maximum Gasteiger partial charge on any atom is 0.408 e. The van der Waals surface area contributed by atoms with Crippen LogP contribution in [0.15, 0.2) is 53.6 Å². The molecule has 1 atom stereocenters. The molecule has 1 aromatic heterocycles. The van der Waals surface area contributed by atoms with Gasteiger partial charge in [-0.3, -0.25) is 9.17 Å². The number of pyridine rings is 1. The average molecular weight is 392 g/mol. The largest absolute Gasteiger partial charge is 0.444 e. The predicted octanol–water partition coefficient (Wildman–Crippen LogP) is 3.36. The minimum atomic E-state index is -3.97. The van der Waals surface area contributed by atoms with Crippen molar-refractivity contribution in [1.29, 1.82) is 0 Å². The number of aryl methyl sites for hydroxylation is 1. The Balaban J connectivity index is 2.14. The number of hydrogen-bond acceptors (Lipinski definition) is 6. The topological polar surface area (TPSA) is 94.6 Å². The van der Waals surface area contributed by atoms with Gasteiger partial charge < -0.3 is 10.1 Å². The maximum atomic E-state index is 12.4. The minimum absolute atomic E-state index is 0.0464. The van der Waals surface area contributed by atoms with Crippen molar-refractivity contribution in [2.45, 2.75) is 44.2 Å². The first-order valence-electron chi connectivity index (χ1n) is 8.43. The van der Waals surface area contributed by atoms with Crippen molar-refractivity contribution in [3.05, 3.63) is 59.9 Å². The van der Waals surface area contributed by atoms with Crippen molar-refractivity contribution in [2.75, 3.05) is 6.61 Å². The molecule has 0 aliphatic rings. The second-order valence-electron chi connectivity index (χ2n) is 7.01. The van der Waals surface area contributed by atoms with E-state index in [1.165, 1.54) is 12.1 Å². The van der Waals surface area contributed by atoms with Crippen molar-refractivity contribution < 1.29 is 22.1 Å². The molecular weight excluding hydrogens is 368 g/mol. The van der Waals surface area contributed by atoms with Crippen LogP contribution in [0.5, 0.6) is 0 Å². The third-order valence-corrected chi connectivity index (χ3v) is 4.73. The Kier molecular flexibility index (Phi) is 6.56. The summed E-state index contributed by atoms with van der Waals surface area (Å²) < 4.78 is 35.2. The molecule has 0 aliphatic carbocycles. The molecule has 0 radical (unpaired) electrons. The van der Waals surface area contributed by atoms with Crippen molar-refractivity contribution in [3.63, 3.8) is 0 Å². The average Bonchev–Trinajstić information content (AvgIpc) is 2.58. The molecule has 1 unspecified atom stereocenters. The summed E-state index contributed by atoms with van der Waals surface area (Å²) in [4.78, 5) is 16.3. The molecule has 8 heteroatoms. The molecule has 0 spiro atoms. The molecule has 0 saturated carbocycles. The lowest BCUT2D eigenvalue weighted by molar-refractivity contribution is 0.0486. The Morgan fingerprint density at radius 3 is 2.37 bits per heavy atom. The van der Waals surface area contributed by atoms with Crippen LogP contribution in [-0.2, 0) is 19.0 Å². The van der Waals surface area contributed by atoms with Gasteiger partial charge in [0.15, 0.2) is 0 Å². The summed E-state index contributed by atoms with van der Waals surface area (Å²) in [5.74, 6) is 0. The van der Waals surface area contributed by atoms with Gasteiger partial charge in [-0.2, -0.15) is 8.42 Å². The van der Waals surface area contributed by atoms with Crippen LogP contribution in [0.4, 0.5) is 4.79 Å². The number of alkyl carbamates (subject to hydrolysis) is 1. The molecule has 2 rings (SSSR count). The Labute approximate surface area is 159 Å². The number of aromatic nitrogens is 1. The maximum absolute atomic E-state index is 12.4. The van der Waals surface area contributed by atoms with Crippen molar-refractivity contribution in [3.8, 4) is 0 Å². The molecule has 7 nitrogen and oxygen atoms in total. The highest BCUT2D eigenvalue weighted by Gasteiger charge is 2.24. The van der Waals surface area contributed by atoms with Gasteiger partial charge in [0, 0.05) is 6.20 Å². The number of benzene rings is 1. The normalized spacial score (nSPS) is 13.0. The van der Waals surface area contributed by atoms with Crippen molar-refractivity contribution >= 4 is 16.2 Å². The summed E-state index contributed by atoms with van der Waals surface area (Å²) in [5.41, 5.74) is 0.711. The smallest absolute Gasteiger partial charge is 0.408 e. The summed E-state index contributed by atoms with van der Waals surface area (Å²) in [6.45, 7) is 6.76. The molecule has 1 heterocycles. The lowest BCUT2D eigenvalue weighted by atomic mass is 10.2. The molecule has 0 bridgehead atoms. The quantitative estimate of drug-likeness (QED) is 0.758. The zero-order valence-corrected chi connectivity index (χ0v) is 16.6. The van der Waals surface area contributed by atoms with E-state index in [2.05, 4.69) is 10.3 Å². The highest BCUT2D eigenvalue weighted by atomic mass is 32.2. The molecule has 0 aliphatic heterocycles. The van der Waals surface area contributed by atoms with E-state index in [4.69, 9.17) is 8.92 Å². The van der Waals surface area contributed by atoms with Crippen LogP contribution in [0.25, 0.3) is 0 Å². The SMILES string of the molecule is Cc1ccc(S(=O)(=O)OCC(NC(=O)OC(C)(C)C)c2ccccn2)cc1. The van der Waals surface area contributed by atoms with Gasteiger partial charge in [-0.05, 0) is 52.0 Å². The van der Waals surface area contributed by atoms with E-state index in [1.54, 1.807) is 57.3 Å². The summed E-state index contributed by atoms with van der Waals surface area (Å²) in [6.07, 6.45) is 0.864. The molecule has 1 aromatic carbocycles. The number of amides is 1. The standard InChI is InChI=1S/C19H24N2O5S/c1-14-8-10-15(11-9-14)27(23,24)25-13-17(16-7-5-6-12-20-16)21-18(22)26-19(2,3)4/h5-12,17H,13H2,1-4H3,(H,21,22). The fourth-order valence-electron chi connectivity index (χ4n) is 2.16. The Hall–Kier alpha value is -2.45. The number of nitrogens with zero attached hydrogens (tertiary/aromatic N) is 1. The Bertz CT molecular complexity index is 859. The van der Waals surface area contributed by atoms with Gasteiger partial charge in [0.05, 0.1) is 23.2 Å². The summed E-state index contributed by atoms with van der Waals surface area (Å²) in [5, 5.41) is 2.61. The number of rotatable bonds is 6. The zero-order valence-electron chi connectivity index (χ0n) is 15.8. The lowest BCUT2D eigenvalue weighted by Crippen LogP contribution is -2.37. The number of carbonyl (C=O) groups is 1. The van der Waals surface area contributed by atoms with Crippen molar-refractivity contribution in [2.24, 2.45) is 0 Å². The first-order valence-corrected chi connectivity index (χ1v) is 9.84. The van der Waals surface area contributed by atoms with E-state index in [0.717, 1.165) is 5.56 Å². The first-order chi connectivity index (χ1) is 12.6. The molecule has 0 saturated heterocycles. The van der Waals surface area contributed by atoms with Gasteiger partial charge in [-0.1, -0.05) is 23.8 Å². The fourth-order valence-corrected chi connectivity index (χ4v) is 3.08. The monoisotopic (exact) mass is 392 g/mol. The van der Waals surface area contributed by atoms with Gasteiger partial charge in [0.25, 0.3) is 10.1 Å². The van der Waals surface area contributed by atoms with Crippen LogP contribution < -0.4 is 5.32 Å². The van der Waals surface area contributed by atoms with E-state index < -0.39 is 27.9 Å². The van der Waals surface area contributed by atoms with Gasteiger partial charge >= 0.3 is 6.09 Å². The summed E-state index contributed by atoms with van der Waals surface area (Å²) >= 11 is 0. The predicted molar refractivity (Wildman–Crippen MR) is 101 cm³/mol. The van der Waals surface area contributed by atoms with E-state index >= 15 is 0 Å². The van der Waals surface area contributed by atoms with Gasteiger partial charge in [-0.15, -0.1) is 0 Å². The van der Waals surface area contributed by atoms with Crippen LogP contribution in [0.3, 0.4) is 0 Å². The molecular formula is C19H24N2O5S. The van der Waals surface area contributed by atoms with Crippen LogP contribution >= 0.6 is 0 Å². The second-order valence-corrected chi connectivity index (χ2v) is 8.62. The number of nitrogens with one attached hydrogen (secondary N) is 1. The third kappa shape index (κ3) is 6.65. The highest BCUT2D eigenvalue weighted by Crippen LogP contribution is 2.18. The molecule has 1 N–H and O–H groups in total.